The predicted molar refractivity (Wildman–Crippen MR) is 67.7 cm³/mol. The summed E-state index contributed by atoms with van der Waals surface area (Å²) in [5.74, 6) is 0.944. The van der Waals surface area contributed by atoms with Crippen LogP contribution in [0.4, 0.5) is 0 Å². The Labute approximate surface area is 98.0 Å². The Morgan fingerprint density at radius 1 is 1.44 bits per heavy atom. The largest absolute Gasteiger partial charge is 0.496 e. The van der Waals surface area contributed by atoms with Gasteiger partial charge in [0.25, 0.3) is 0 Å². The van der Waals surface area contributed by atoms with Crippen molar-refractivity contribution in [2.75, 3.05) is 13.7 Å². The van der Waals surface area contributed by atoms with Crippen molar-refractivity contribution < 1.29 is 4.74 Å². The van der Waals surface area contributed by atoms with E-state index in [4.69, 9.17) is 10.5 Å². The first-order valence-corrected chi connectivity index (χ1v) is 5.73. The summed E-state index contributed by atoms with van der Waals surface area (Å²) in [5, 5.41) is 3.38. The van der Waals surface area contributed by atoms with Crippen LogP contribution in [0, 0.1) is 6.92 Å². The molecule has 1 rings (SSSR count). The maximum atomic E-state index is 5.68. The molecule has 0 radical (unpaired) electrons. The number of nitrogens with one attached hydrogen (secondary N) is 1. The highest BCUT2D eigenvalue weighted by Crippen LogP contribution is 2.18. The van der Waals surface area contributed by atoms with Gasteiger partial charge in [-0.3, -0.25) is 0 Å². The van der Waals surface area contributed by atoms with Gasteiger partial charge in [0, 0.05) is 12.6 Å². The summed E-state index contributed by atoms with van der Waals surface area (Å²) < 4.78 is 5.22. The molecule has 16 heavy (non-hydrogen) atoms. The monoisotopic (exact) mass is 222 g/mol. The third-order valence-electron chi connectivity index (χ3n) is 2.56. The SMILES string of the molecule is COc1ccc(CNCCC(C)N)cc1C. The van der Waals surface area contributed by atoms with Crippen LogP contribution in [0.25, 0.3) is 0 Å². The number of benzene rings is 1. The average Bonchev–Trinajstić information content (AvgIpc) is 2.24. The molecular weight excluding hydrogens is 200 g/mol. The van der Waals surface area contributed by atoms with Crippen molar-refractivity contribution in [3.8, 4) is 5.75 Å². The molecule has 0 aliphatic carbocycles. The van der Waals surface area contributed by atoms with Crippen LogP contribution in [0.2, 0.25) is 0 Å². The van der Waals surface area contributed by atoms with Gasteiger partial charge in [0.05, 0.1) is 7.11 Å². The van der Waals surface area contributed by atoms with Crippen molar-refractivity contribution in [2.45, 2.75) is 32.9 Å². The Morgan fingerprint density at radius 2 is 2.19 bits per heavy atom. The lowest BCUT2D eigenvalue weighted by Crippen LogP contribution is -2.23. The fraction of sp³-hybridized carbons (Fsp3) is 0.538. The smallest absolute Gasteiger partial charge is 0.121 e. The number of methoxy groups -OCH3 is 1. The molecule has 0 aliphatic heterocycles. The molecule has 3 nitrogen and oxygen atoms in total. The van der Waals surface area contributed by atoms with Gasteiger partial charge in [0.1, 0.15) is 5.75 Å². The second-order valence-corrected chi connectivity index (χ2v) is 4.25. The van der Waals surface area contributed by atoms with Crippen LogP contribution in [0.3, 0.4) is 0 Å². The van der Waals surface area contributed by atoms with Gasteiger partial charge in [-0.05, 0) is 44.0 Å². The average molecular weight is 222 g/mol. The van der Waals surface area contributed by atoms with E-state index in [1.54, 1.807) is 7.11 Å². The van der Waals surface area contributed by atoms with E-state index in [1.165, 1.54) is 11.1 Å². The summed E-state index contributed by atoms with van der Waals surface area (Å²) in [7, 11) is 1.70. The summed E-state index contributed by atoms with van der Waals surface area (Å²) in [6.45, 7) is 5.93. The van der Waals surface area contributed by atoms with Crippen LogP contribution in [0.15, 0.2) is 18.2 Å². The van der Waals surface area contributed by atoms with Crippen molar-refractivity contribution in [3.63, 3.8) is 0 Å². The standard InChI is InChI=1S/C13H22N2O/c1-10-8-12(4-5-13(10)16-3)9-15-7-6-11(2)14/h4-5,8,11,15H,6-7,9,14H2,1-3H3. The number of ether oxygens (including phenoxy) is 1. The van der Waals surface area contributed by atoms with Crippen LogP contribution in [-0.4, -0.2) is 19.7 Å². The van der Waals surface area contributed by atoms with Crippen molar-refractivity contribution in [1.82, 2.24) is 5.32 Å². The summed E-state index contributed by atoms with van der Waals surface area (Å²) in [4.78, 5) is 0. The molecule has 1 aromatic rings. The Kier molecular flexibility index (Phi) is 5.29. The molecule has 3 N–H and O–H groups in total. The van der Waals surface area contributed by atoms with Gasteiger partial charge in [-0.2, -0.15) is 0 Å². The van der Waals surface area contributed by atoms with E-state index in [0.717, 1.165) is 25.3 Å². The molecule has 1 atom stereocenters. The van der Waals surface area contributed by atoms with E-state index in [2.05, 4.69) is 24.4 Å². The van der Waals surface area contributed by atoms with Crippen molar-refractivity contribution in [3.05, 3.63) is 29.3 Å². The highest BCUT2D eigenvalue weighted by Gasteiger charge is 2.00. The summed E-state index contributed by atoms with van der Waals surface area (Å²) >= 11 is 0. The highest BCUT2D eigenvalue weighted by molar-refractivity contribution is 5.36. The highest BCUT2D eigenvalue weighted by atomic mass is 16.5. The predicted octanol–water partition coefficient (Wildman–Crippen LogP) is 1.83. The lowest BCUT2D eigenvalue weighted by molar-refractivity contribution is 0.411. The normalized spacial score (nSPS) is 12.5. The van der Waals surface area contributed by atoms with E-state index in [1.807, 2.05) is 13.0 Å². The lowest BCUT2D eigenvalue weighted by atomic mass is 10.1. The van der Waals surface area contributed by atoms with E-state index in [0.29, 0.717) is 0 Å². The summed E-state index contributed by atoms with van der Waals surface area (Å²) in [5.41, 5.74) is 8.13. The molecule has 0 amide bonds. The van der Waals surface area contributed by atoms with Crippen LogP contribution in [0.5, 0.6) is 5.75 Å². The van der Waals surface area contributed by atoms with Gasteiger partial charge in [-0.15, -0.1) is 0 Å². The van der Waals surface area contributed by atoms with Crippen molar-refractivity contribution in [1.29, 1.82) is 0 Å². The Bertz CT molecular complexity index is 324. The molecule has 0 fully saturated rings. The minimum atomic E-state index is 0.269. The third-order valence-corrected chi connectivity index (χ3v) is 2.56. The maximum Gasteiger partial charge on any atom is 0.121 e. The molecule has 1 unspecified atom stereocenters. The number of hydrogen-bond acceptors (Lipinski definition) is 3. The first-order chi connectivity index (χ1) is 7.63. The first-order valence-electron chi connectivity index (χ1n) is 5.73. The van der Waals surface area contributed by atoms with E-state index in [9.17, 15) is 0 Å². The molecule has 90 valence electrons. The van der Waals surface area contributed by atoms with E-state index >= 15 is 0 Å². The van der Waals surface area contributed by atoms with E-state index in [-0.39, 0.29) is 6.04 Å². The number of aryl methyl sites for hydroxylation is 1. The first kappa shape index (κ1) is 13.0. The second-order valence-electron chi connectivity index (χ2n) is 4.25. The fourth-order valence-electron chi connectivity index (χ4n) is 1.61. The quantitative estimate of drug-likeness (QED) is 0.722. The third kappa shape index (κ3) is 4.21. The minimum Gasteiger partial charge on any atom is -0.496 e. The minimum absolute atomic E-state index is 0.269. The Balaban J connectivity index is 2.40. The lowest BCUT2D eigenvalue weighted by Gasteiger charge is -2.09. The van der Waals surface area contributed by atoms with Gasteiger partial charge in [-0.1, -0.05) is 12.1 Å². The molecule has 3 heteroatoms. The van der Waals surface area contributed by atoms with Crippen LogP contribution < -0.4 is 15.8 Å². The van der Waals surface area contributed by atoms with E-state index < -0.39 is 0 Å². The van der Waals surface area contributed by atoms with Gasteiger partial charge < -0.3 is 15.8 Å². The second kappa shape index (κ2) is 6.51. The number of rotatable bonds is 6. The zero-order valence-corrected chi connectivity index (χ0v) is 10.4. The molecule has 0 aliphatic rings. The summed E-state index contributed by atoms with van der Waals surface area (Å²) in [6.07, 6.45) is 1.01. The van der Waals surface area contributed by atoms with Gasteiger partial charge in [-0.25, -0.2) is 0 Å². The number of nitrogens with two attached hydrogens (primary N) is 1. The topological polar surface area (TPSA) is 47.3 Å². The Hall–Kier alpha value is -1.06. The Morgan fingerprint density at radius 3 is 2.75 bits per heavy atom. The van der Waals surface area contributed by atoms with Gasteiger partial charge in [0.2, 0.25) is 0 Å². The maximum absolute atomic E-state index is 5.68. The van der Waals surface area contributed by atoms with Crippen LogP contribution in [0.1, 0.15) is 24.5 Å². The molecule has 0 heterocycles. The van der Waals surface area contributed by atoms with Crippen LogP contribution in [-0.2, 0) is 6.54 Å². The van der Waals surface area contributed by atoms with Crippen molar-refractivity contribution >= 4 is 0 Å². The van der Waals surface area contributed by atoms with Gasteiger partial charge >= 0.3 is 0 Å². The zero-order chi connectivity index (χ0) is 12.0. The molecule has 0 saturated carbocycles. The zero-order valence-electron chi connectivity index (χ0n) is 10.4. The molecule has 0 saturated heterocycles. The molecular formula is C13H22N2O. The molecule has 0 aromatic heterocycles. The molecule has 0 bridgehead atoms. The van der Waals surface area contributed by atoms with Crippen LogP contribution >= 0.6 is 0 Å². The summed E-state index contributed by atoms with van der Waals surface area (Å²) in [6, 6.07) is 6.52. The van der Waals surface area contributed by atoms with Gasteiger partial charge in [0.15, 0.2) is 0 Å². The molecule has 0 spiro atoms. The fourth-order valence-corrected chi connectivity index (χ4v) is 1.61. The molecule has 1 aromatic carbocycles. The number of hydrogen-bond donors (Lipinski definition) is 2. The van der Waals surface area contributed by atoms with Crippen molar-refractivity contribution in [2.24, 2.45) is 5.73 Å².